The lowest BCUT2D eigenvalue weighted by Gasteiger charge is -2.60. The van der Waals surface area contributed by atoms with Crippen molar-refractivity contribution in [1.82, 2.24) is 5.32 Å². The van der Waals surface area contributed by atoms with Gasteiger partial charge in [0, 0.05) is 42.8 Å². The second-order valence-electron chi connectivity index (χ2n) is 7.54. The summed E-state index contributed by atoms with van der Waals surface area (Å²) >= 11 is 0. The van der Waals surface area contributed by atoms with Gasteiger partial charge >= 0.3 is 0 Å². The van der Waals surface area contributed by atoms with Crippen molar-refractivity contribution in [2.75, 3.05) is 32.7 Å². The van der Waals surface area contributed by atoms with Gasteiger partial charge in [-0.05, 0) is 31.9 Å². The van der Waals surface area contributed by atoms with Crippen LogP contribution in [-0.2, 0) is 4.74 Å². The Kier molecular flexibility index (Phi) is 7.62. The molecule has 2 aliphatic rings. The van der Waals surface area contributed by atoms with Gasteiger partial charge in [0.1, 0.15) is 0 Å². The number of aliphatic imine (C=N–C) groups is 1. The summed E-state index contributed by atoms with van der Waals surface area (Å²) in [6.45, 7) is 7.98. The SMILES string of the molecule is CCOc1ccc(NC(=NC)NC2C3CCCOC3C2(C)C)cc1OC.I. The maximum atomic E-state index is 5.99. The fourth-order valence-electron chi connectivity index (χ4n) is 4.28. The topological polar surface area (TPSA) is 64.1 Å². The highest BCUT2D eigenvalue weighted by atomic mass is 127. The van der Waals surface area contributed by atoms with E-state index in [1.165, 1.54) is 6.42 Å². The van der Waals surface area contributed by atoms with E-state index in [9.17, 15) is 0 Å². The van der Waals surface area contributed by atoms with Gasteiger partial charge in [0.05, 0.1) is 19.8 Å². The quantitative estimate of drug-likeness (QED) is 0.373. The Balaban J connectivity index is 0.00000261. The van der Waals surface area contributed by atoms with E-state index in [0.717, 1.165) is 30.4 Å². The van der Waals surface area contributed by atoms with E-state index in [1.807, 2.05) is 25.1 Å². The van der Waals surface area contributed by atoms with Gasteiger partial charge in [0.15, 0.2) is 17.5 Å². The summed E-state index contributed by atoms with van der Waals surface area (Å²) in [4.78, 5) is 4.40. The number of nitrogens with one attached hydrogen (secondary N) is 2. The maximum absolute atomic E-state index is 5.99. The molecule has 0 radical (unpaired) electrons. The number of halogens is 1. The molecule has 0 amide bonds. The van der Waals surface area contributed by atoms with E-state index in [1.54, 1.807) is 14.2 Å². The van der Waals surface area contributed by atoms with Gasteiger partial charge in [-0.3, -0.25) is 4.99 Å². The lowest BCUT2D eigenvalue weighted by molar-refractivity contribution is -0.188. The minimum Gasteiger partial charge on any atom is -0.493 e. The van der Waals surface area contributed by atoms with Gasteiger partial charge in [-0.15, -0.1) is 24.0 Å². The highest BCUT2D eigenvalue weighted by Crippen LogP contribution is 2.51. The van der Waals surface area contributed by atoms with E-state index >= 15 is 0 Å². The van der Waals surface area contributed by atoms with Gasteiger partial charge in [0.2, 0.25) is 0 Å². The van der Waals surface area contributed by atoms with Crippen LogP contribution in [0.15, 0.2) is 23.2 Å². The normalized spacial score (nSPS) is 26.1. The molecule has 1 heterocycles. The van der Waals surface area contributed by atoms with Crippen molar-refractivity contribution in [1.29, 1.82) is 0 Å². The Morgan fingerprint density at radius 3 is 2.78 bits per heavy atom. The first kappa shape index (κ1) is 22.1. The van der Waals surface area contributed by atoms with E-state index in [-0.39, 0.29) is 29.4 Å². The van der Waals surface area contributed by atoms with Crippen molar-refractivity contribution in [2.45, 2.75) is 45.8 Å². The first-order valence-electron chi connectivity index (χ1n) is 9.44. The monoisotopic (exact) mass is 489 g/mol. The number of hydrogen-bond donors (Lipinski definition) is 2. The van der Waals surface area contributed by atoms with E-state index in [0.29, 0.717) is 30.4 Å². The zero-order valence-corrected chi connectivity index (χ0v) is 19.2. The third kappa shape index (κ3) is 4.45. The van der Waals surface area contributed by atoms with Crippen LogP contribution >= 0.6 is 24.0 Å². The van der Waals surface area contributed by atoms with Crippen molar-refractivity contribution in [3.63, 3.8) is 0 Å². The molecule has 7 heteroatoms. The summed E-state index contributed by atoms with van der Waals surface area (Å²) in [6.07, 6.45) is 2.69. The first-order chi connectivity index (χ1) is 12.5. The third-order valence-corrected chi connectivity index (χ3v) is 5.57. The number of guanidine groups is 1. The first-order valence-corrected chi connectivity index (χ1v) is 9.44. The van der Waals surface area contributed by atoms with Crippen molar-refractivity contribution in [2.24, 2.45) is 16.3 Å². The van der Waals surface area contributed by atoms with Crippen LogP contribution in [0, 0.1) is 11.3 Å². The Labute approximate surface area is 179 Å². The minimum atomic E-state index is 0. The van der Waals surface area contributed by atoms with Gasteiger partial charge in [0.25, 0.3) is 0 Å². The van der Waals surface area contributed by atoms with Crippen molar-refractivity contribution >= 4 is 35.6 Å². The summed E-state index contributed by atoms with van der Waals surface area (Å²) in [7, 11) is 3.44. The van der Waals surface area contributed by atoms with Crippen LogP contribution in [0.3, 0.4) is 0 Å². The van der Waals surface area contributed by atoms with E-state index < -0.39 is 0 Å². The average molecular weight is 489 g/mol. The highest BCUT2D eigenvalue weighted by Gasteiger charge is 2.58. The molecule has 3 rings (SSSR count). The molecule has 6 nitrogen and oxygen atoms in total. The van der Waals surface area contributed by atoms with Gasteiger partial charge < -0.3 is 24.8 Å². The Morgan fingerprint density at radius 2 is 2.11 bits per heavy atom. The third-order valence-electron chi connectivity index (χ3n) is 5.57. The Bertz CT molecular complexity index is 666. The molecule has 1 aliphatic carbocycles. The molecule has 152 valence electrons. The molecule has 1 saturated carbocycles. The second kappa shape index (κ2) is 9.32. The predicted molar refractivity (Wildman–Crippen MR) is 120 cm³/mol. The number of fused-ring (bicyclic) bond motifs is 1. The number of methoxy groups -OCH3 is 1. The molecule has 1 aromatic carbocycles. The van der Waals surface area contributed by atoms with Crippen LogP contribution in [-0.4, -0.2) is 45.5 Å². The summed E-state index contributed by atoms with van der Waals surface area (Å²) < 4.78 is 17.0. The van der Waals surface area contributed by atoms with Gasteiger partial charge in [-0.2, -0.15) is 0 Å². The van der Waals surface area contributed by atoms with Crippen LogP contribution in [0.25, 0.3) is 0 Å². The smallest absolute Gasteiger partial charge is 0.195 e. The van der Waals surface area contributed by atoms with E-state index in [4.69, 9.17) is 14.2 Å². The molecule has 0 bridgehead atoms. The highest BCUT2D eigenvalue weighted by molar-refractivity contribution is 14.0. The van der Waals surface area contributed by atoms with Crippen LogP contribution < -0.4 is 20.1 Å². The second-order valence-corrected chi connectivity index (χ2v) is 7.54. The van der Waals surface area contributed by atoms with Crippen molar-refractivity contribution in [3.05, 3.63) is 18.2 Å². The van der Waals surface area contributed by atoms with Crippen LogP contribution in [0.4, 0.5) is 5.69 Å². The molecule has 1 aliphatic heterocycles. The summed E-state index contributed by atoms with van der Waals surface area (Å²) in [6, 6.07) is 6.16. The lowest BCUT2D eigenvalue weighted by atomic mass is 9.55. The Hall–Kier alpha value is -1.22. The van der Waals surface area contributed by atoms with Gasteiger partial charge in [-0.1, -0.05) is 13.8 Å². The standard InChI is InChI=1S/C20H31N3O3.HI/c1-6-25-15-10-9-13(12-16(15)24-5)22-19(21-4)23-17-14-8-7-11-26-18(14)20(17,2)3;/h9-10,12,14,17-18H,6-8,11H2,1-5H3,(H2,21,22,23);1H. The summed E-state index contributed by atoms with van der Waals surface area (Å²) in [5, 5.41) is 6.97. The van der Waals surface area contributed by atoms with Crippen LogP contribution in [0.2, 0.25) is 0 Å². The molecule has 2 fully saturated rings. The molecular weight excluding hydrogens is 457 g/mol. The summed E-state index contributed by atoms with van der Waals surface area (Å²) in [5.74, 6) is 2.76. The van der Waals surface area contributed by atoms with Crippen molar-refractivity contribution < 1.29 is 14.2 Å². The maximum Gasteiger partial charge on any atom is 0.195 e. The number of ether oxygens (including phenoxy) is 3. The van der Waals surface area contributed by atoms with Crippen LogP contribution in [0.1, 0.15) is 33.6 Å². The molecule has 0 spiro atoms. The molecular formula is C20H32IN3O3. The molecule has 0 aromatic heterocycles. The van der Waals surface area contributed by atoms with Crippen molar-refractivity contribution in [3.8, 4) is 11.5 Å². The number of hydrogen-bond acceptors (Lipinski definition) is 4. The number of nitrogens with zero attached hydrogens (tertiary/aromatic N) is 1. The summed E-state index contributed by atoms with van der Waals surface area (Å²) in [5.41, 5.74) is 1.01. The predicted octanol–water partition coefficient (Wildman–Crippen LogP) is 3.90. The molecule has 3 unspecified atom stereocenters. The number of benzene rings is 1. The Morgan fingerprint density at radius 1 is 1.33 bits per heavy atom. The molecule has 2 N–H and O–H groups in total. The zero-order valence-electron chi connectivity index (χ0n) is 16.9. The number of anilines is 1. The zero-order chi connectivity index (χ0) is 18.7. The van der Waals surface area contributed by atoms with E-state index in [2.05, 4.69) is 29.5 Å². The molecule has 1 saturated heterocycles. The lowest BCUT2D eigenvalue weighted by Crippen LogP contribution is -2.70. The molecule has 3 atom stereocenters. The fourth-order valence-corrected chi connectivity index (χ4v) is 4.28. The average Bonchev–Trinajstić information content (AvgIpc) is 2.66. The minimum absolute atomic E-state index is 0. The largest absolute Gasteiger partial charge is 0.493 e. The van der Waals surface area contributed by atoms with Crippen LogP contribution in [0.5, 0.6) is 11.5 Å². The van der Waals surface area contributed by atoms with Gasteiger partial charge in [-0.25, -0.2) is 0 Å². The fraction of sp³-hybridized carbons (Fsp3) is 0.650. The molecule has 27 heavy (non-hydrogen) atoms. The number of rotatable bonds is 5. The molecule has 1 aromatic rings.